The van der Waals surface area contributed by atoms with E-state index in [4.69, 9.17) is 0 Å². The second-order valence-electron chi connectivity index (χ2n) is 4.87. The summed E-state index contributed by atoms with van der Waals surface area (Å²) in [7, 11) is -4.18. The Kier molecular flexibility index (Phi) is 3.57. The molecule has 0 radical (unpaired) electrons. The van der Waals surface area contributed by atoms with Gasteiger partial charge in [0.2, 0.25) is 0 Å². The summed E-state index contributed by atoms with van der Waals surface area (Å²) in [6, 6.07) is 12.5. The van der Waals surface area contributed by atoms with Gasteiger partial charge in [0.1, 0.15) is 10.7 Å². The first kappa shape index (κ1) is 15.1. The monoisotopic (exact) mass is 333 g/mol. The average Bonchev–Trinajstić information content (AvgIpc) is 2.52. The molecular formula is C16H12FNO4S. The van der Waals surface area contributed by atoms with Gasteiger partial charge in [-0.15, -0.1) is 0 Å². The number of fused-ring (bicyclic) bond motifs is 1. The van der Waals surface area contributed by atoms with Crippen molar-refractivity contribution in [2.24, 2.45) is 0 Å². The fraction of sp³-hybridized carbons (Fsp3) is 0. The zero-order chi connectivity index (χ0) is 16.6. The molecule has 0 saturated heterocycles. The summed E-state index contributed by atoms with van der Waals surface area (Å²) in [5, 5.41) is 20.3. The standard InChI is InChI=1S/C16H12FNO4S/c17-12-7-3-4-8-15(12)23(21,22)18-13-9-14(19)16(20)11-6-2-1-5-10(11)13/h1-9,18-20H. The van der Waals surface area contributed by atoms with E-state index in [1.165, 1.54) is 18.2 Å². The number of anilines is 1. The quantitative estimate of drug-likeness (QED) is 0.507. The van der Waals surface area contributed by atoms with E-state index in [9.17, 15) is 23.0 Å². The Morgan fingerprint density at radius 2 is 1.52 bits per heavy atom. The molecule has 0 bridgehead atoms. The molecule has 3 aromatic carbocycles. The van der Waals surface area contributed by atoms with E-state index in [1.807, 2.05) is 0 Å². The molecule has 0 atom stereocenters. The van der Waals surface area contributed by atoms with E-state index in [0.717, 1.165) is 18.2 Å². The minimum absolute atomic E-state index is 0.0409. The molecule has 0 unspecified atom stereocenters. The molecule has 3 rings (SSSR count). The fourth-order valence-electron chi connectivity index (χ4n) is 2.29. The first-order valence-corrected chi connectivity index (χ1v) is 8.09. The molecule has 0 spiro atoms. The van der Waals surface area contributed by atoms with E-state index >= 15 is 0 Å². The van der Waals surface area contributed by atoms with Crippen LogP contribution < -0.4 is 4.72 Å². The van der Waals surface area contributed by atoms with Crippen LogP contribution in [0.25, 0.3) is 10.8 Å². The van der Waals surface area contributed by atoms with Gasteiger partial charge in [0.25, 0.3) is 10.0 Å². The summed E-state index contributed by atoms with van der Waals surface area (Å²) in [4.78, 5) is -0.503. The van der Waals surface area contributed by atoms with Gasteiger partial charge in [-0.05, 0) is 12.1 Å². The number of halogens is 1. The molecule has 118 valence electrons. The van der Waals surface area contributed by atoms with Crippen LogP contribution in [0.2, 0.25) is 0 Å². The van der Waals surface area contributed by atoms with Gasteiger partial charge in [0.15, 0.2) is 11.5 Å². The topological polar surface area (TPSA) is 86.6 Å². The van der Waals surface area contributed by atoms with Gasteiger partial charge in [-0.2, -0.15) is 0 Å². The van der Waals surface area contributed by atoms with Crippen LogP contribution in [0.3, 0.4) is 0 Å². The van der Waals surface area contributed by atoms with Crippen LogP contribution in [0.15, 0.2) is 59.5 Å². The van der Waals surface area contributed by atoms with Gasteiger partial charge < -0.3 is 10.2 Å². The summed E-state index contributed by atoms with van der Waals surface area (Å²) < 4.78 is 40.7. The highest BCUT2D eigenvalue weighted by molar-refractivity contribution is 7.92. The van der Waals surface area contributed by atoms with Crippen molar-refractivity contribution in [2.75, 3.05) is 4.72 Å². The Morgan fingerprint density at radius 3 is 2.22 bits per heavy atom. The smallest absolute Gasteiger partial charge is 0.264 e. The first-order chi connectivity index (χ1) is 10.9. The molecule has 0 aliphatic carbocycles. The van der Waals surface area contributed by atoms with Crippen LogP contribution >= 0.6 is 0 Å². The normalized spacial score (nSPS) is 11.5. The maximum absolute atomic E-state index is 13.7. The Morgan fingerprint density at radius 1 is 0.913 bits per heavy atom. The third-order valence-corrected chi connectivity index (χ3v) is 4.77. The SMILES string of the molecule is O=S(=O)(Nc1cc(O)c(O)c2ccccc12)c1ccccc1F. The van der Waals surface area contributed by atoms with Crippen molar-refractivity contribution in [3.8, 4) is 11.5 Å². The third-order valence-electron chi connectivity index (χ3n) is 3.37. The van der Waals surface area contributed by atoms with Crippen LogP contribution in [-0.2, 0) is 10.0 Å². The largest absolute Gasteiger partial charge is 0.504 e. The minimum Gasteiger partial charge on any atom is -0.504 e. The minimum atomic E-state index is -4.18. The number of phenolic OH excluding ortho intramolecular Hbond substituents is 2. The van der Waals surface area contributed by atoms with E-state index in [-0.39, 0.29) is 16.8 Å². The highest BCUT2D eigenvalue weighted by Crippen LogP contribution is 2.39. The number of nitrogens with one attached hydrogen (secondary N) is 1. The van der Waals surface area contributed by atoms with Gasteiger partial charge in [-0.25, -0.2) is 12.8 Å². The number of phenols is 2. The lowest BCUT2D eigenvalue weighted by atomic mass is 10.1. The van der Waals surface area contributed by atoms with Crippen molar-refractivity contribution in [3.63, 3.8) is 0 Å². The van der Waals surface area contributed by atoms with Gasteiger partial charge >= 0.3 is 0 Å². The molecule has 0 aromatic heterocycles. The molecule has 3 N–H and O–H groups in total. The first-order valence-electron chi connectivity index (χ1n) is 6.61. The second-order valence-corrected chi connectivity index (χ2v) is 6.52. The third kappa shape index (κ3) is 2.66. The van der Waals surface area contributed by atoms with Crippen molar-refractivity contribution in [2.45, 2.75) is 4.90 Å². The molecule has 23 heavy (non-hydrogen) atoms. The van der Waals surface area contributed by atoms with Crippen molar-refractivity contribution in [1.29, 1.82) is 0 Å². The Bertz CT molecular complexity index is 1000. The lowest BCUT2D eigenvalue weighted by molar-refractivity contribution is 0.408. The van der Waals surface area contributed by atoms with Crippen LogP contribution in [0.5, 0.6) is 11.5 Å². The number of benzene rings is 3. The van der Waals surface area contributed by atoms with Gasteiger partial charge in [0.05, 0.1) is 5.69 Å². The maximum atomic E-state index is 13.7. The number of hydrogen-bond acceptors (Lipinski definition) is 4. The molecule has 0 aliphatic rings. The highest BCUT2D eigenvalue weighted by Gasteiger charge is 2.21. The Labute approximate surface area is 131 Å². The molecule has 0 amide bonds. The average molecular weight is 333 g/mol. The fourth-order valence-corrected chi connectivity index (χ4v) is 3.44. The number of hydrogen-bond donors (Lipinski definition) is 3. The Balaban J connectivity index is 2.16. The predicted octanol–water partition coefficient (Wildman–Crippen LogP) is 3.19. The second kappa shape index (κ2) is 5.44. The van der Waals surface area contributed by atoms with E-state index in [0.29, 0.717) is 5.39 Å². The molecule has 0 fully saturated rings. The van der Waals surface area contributed by atoms with Gasteiger partial charge in [-0.3, -0.25) is 4.72 Å². The predicted molar refractivity (Wildman–Crippen MR) is 84.5 cm³/mol. The van der Waals surface area contributed by atoms with E-state index in [1.54, 1.807) is 18.2 Å². The number of rotatable bonds is 3. The summed E-state index contributed by atoms with van der Waals surface area (Å²) >= 11 is 0. The van der Waals surface area contributed by atoms with Crippen LogP contribution in [-0.4, -0.2) is 18.6 Å². The zero-order valence-electron chi connectivity index (χ0n) is 11.7. The lowest BCUT2D eigenvalue weighted by Crippen LogP contribution is -2.14. The van der Waals surface area contributed by atoms with Crippen molar-refractivity contribution in [1.82, 2.24) is 0 Å². The molecule has 0 aliphatic heterocycles. The molecule has 0 heterocycles. The lowest BCUT2D eigenvalue weighted by Gasteiger charge is -2.13. The summed E-state index contributed by atoms with van der Waals surface area (Å²) in [5.74, 6) is -1.71. The van der Waals surface area contributed by atoms with Crippen LogP contribution in [0, 0.1) is 5.82 Å². The van der Waals surface area contributed by atoms with Crippen LogP contribution in [0.4, 0.5) is 10.1 Å². The van der Waals surface area contributed by atoms with Gasteiger partial charge in [-0.1, -0.05) is 36.4 Å². The number of aromatic hydroxyl groups is 2. The molecule has 7 heteroatoms. The van der Waals surface area contributed by atoms with E-state index in [2.05, 4.69) is 4.72 Å². The Hall–Kier alpha value is -2.80. The van der Waals surface area contributed by atoms with Crippen molar-refractivity contribution in [3.05, 3.63) is 60.4 Å². The summed E-state index contributed by atoms with van der Waals surface area (Å²) in [6.45, 7) is 0. The summed E-state index contributed by atoms with van der Waals surface area (Å²) in [5.41, 5.74) is 0.0409. The molecule has 5 nitrogen and oxygen atoms in total. The molecular weight excluding hydrogens is 321 g/mol. The van der Waals surface area contributed by atoms with Crippen molar-refractivity contribution >= 4 is 26.5 Å². The van der Waals surface area contributed by atoms with Crippen molar-refractivity contribution < 1.29 is 23.0 Å². The maximum Gasteiger partial charge on any atom is 0.264 e. The van der Waals surface area contributed by atoms with Gasteiger partial charge in [0, 0.05) is 16.8 Å². The molecule has 3 aromatic rings. The van der Waals surface area contributed by atoms with Crippen LogP contribution in [0.1, 0.15) is 0 Å². The molecule has 0 saturated carbocycles. The zero-order valence-corrected chi connectivity index (χ0v) is 12.5. The van der Waals surface area contributed by atoms with E-state index < -0.39 is 26.5 Å². The summed E-state index contributed by atoms with van der Waals surface area (Å²) in [6.07, 6.45) is 0. The highest BCUT2D eigenvalue weighted by atomic mass is 32.2. The number of sulfonamides is 1.